The number of carboxylic acid groups (broad SMARTS) is 1. The molecule has 2 aromatic heterocycles. The van der Waals surface area contributed by atoms with Gasteiger partial charge in [-0.15, -0.1) is 0 Å². The highest BCUT2D eigenvalue weighted by Crippen LogP contribution is 2.19. The Kier molecular flexibility index (Phi) is 6.73. The second kappa shape index (κ2) is 10.1. The van der Waals surface area contributed by atoms with Crippen molar-refractivity contribution < 1.29 is 19.5 Å². The lowest BCUT2D eigenvalue weighted by Crippen LogP contribution is -2.09. The van der Waals surface area contributed by atoms with Gasteiger partial charge in [0, 0.05) is 11.1 Å². The minimum Gasteiger partial charge on any atom is -0.478 e. The third-order valence-electron chi connectivity index (χ3n) is 5.41. The minimum atomic E-state index is -1.23. The first-order valence-electron chi connectivity index (χ1n) is 10.9. The highest BCUT2D eigenvalue weighted by atomic mass is 16.4. The Bertz CT molecular complexity index is 1450. The SMILES string of the molecule is Cc1ccc(C(=O)c2cccc(/C=C(/C(=O)O)c3cccc(C(=O)c4ccc(C)cc4)n3)n2)cc1. The van der Waals surface area contributed by atoms with Crippen molar-refractivity contribution in [3.05, 3.63) is 130 Å². The topological polar surface area (TPSA) is 97.2 Å². The number of carboxylic acids is 1. The van der Waals surface area contributed by atoms with Gasteiger partial charge >= 0.3 is 5.97 Å². The van der Waals surface area contributed by atoms with Gasteiger partial charge in [-0.25, -0.2) is 14.8 Å². The molecule has 0 amide bonds. The first-order valence-corrected chi connectivity index (χ1v) is 10.9. The van der Waals surface area contributed by atoms with Crippen molar-refractivity contribution in [3.8, 4) is 0 Å². The van der Waals surface area contributed by atoms with Crippen LogP contribution in [0.3, 0.4) is 0 Å². The minimum absolute atomic E-state index is 0.118. The molecule has 0 aliphatic heterocycles. The lowest BCUT2D eigenvalue weighted by Gasteiger charge is -2.07. The fourth-order valence-electron chi connectivity index (χ4n) is 3.47. The number of hydrogen-bond donors (Lipinski definition) is 1. The van der Waals surface area contributed by atoms with Gasteiger partial charge in [-0.05, 0) is 44.2 Å². The maximum absolute atomic E-state index is 12.9. The zero-order valence-corrected chi connectivity index (χ0v) is 19.2. The van der Waals surface area contributed by atoms with Gasteiger partial charge in [0.1, 0.15) is 11.4 Å². The summed E-state index contributed by atoms with van der Waals surface area (Å²) in [6.45, 7) is 3.86. The molecule has 6 heteroatoms. The fourth-order valence-corrected chi connectivity index (χ4v) is 3.47. The standard InChI is InChI=1S/C29H22N2O4/c1-18-9-13-20(14-10-18)27(32)25-7-3-5-22(30-25)17-23(29(34)35)24-6-4-8-26(31-24)28(33)21-15-11-19(2)12-16-21/h3-17H,1-2H3,(H,34,35)/b23-17+. The van der Waals surface area contributed by atoms with Crippen molar-refractivity contribution in [2.24, 2.45) is 0 Å². The van der Waals surface area contributed by atoms with Crippen LogP contribution in [0.2, 0.25) is 0 Å². The summed E-state index contributed by atoms with van der Waals surface area (Å²) >= 11 is 0. The predicted molar refractivity (Wildman–Crippen MR) is 133 cm³/mol. The summed E-state index contributed by atoms with van der Waals surface area (Å²) in [5.41, 5.74) is 3.61. The molecule has 0 unspecified atom stereocenters. The molecular formula is C29H22N2O4. The quantitative estimate of drug-likeness (QED) is 0.300. The van der Waals surface area contributed by atoms with Gasteiger partial charge in [-0.1, -0.05) is 71.8 Å². The van der Waals surface area contributed by atoms with Gasteiger partial charge in [-0.2, -0.15) is 0 Å². The van der Waals surface area contributed by atoms with E-state index in [0.29, 0.717) is 11.1 Å². The third kappa shape index (κ3) is 5.45. The Morgan fingerprint density at radius 3 is 1.60 bits per heavy atom. The van der Waals surface area contributed by atoms with Crippen molar-refractivity contribution in [3.63, 3.8) is 0 Å². The molecule has 6 nitrogen and oxygen atoms in total. The van der Waals surface area contributed by atoms with Crippen molar-refractivity contribution >= 4 is 29.2 Å². The highest BCUT2D eigenvalue weighted by Gasteiger charge is 2.17. The van der Waals surface area contributed by atoms with Gasteiger partial charge in [0.15, 0.2) is 0 Å². The number of benzene rings is 2. The lowest BCUT2D eigenvalue weighted by atomic mass is 10.0. The lowest BCUT2D eigenvalue weighted by molar-refractivity contribution is -0.130. The molecule has 0 radical (unpaired) electrons. The number of aromatic nitrogens is 2. The number of pyridine rings is 2. The molecule has 0 fully saturated rings. The molecule has 4 rings (SSSR count). The molecule has 0 saturated heterocycles. The average molecular weight is 463 g/mol. The molecule has 1 N–H and O–H groups in total. The first-order chi connectivity index (χ1) is 16.8. The monoisotopic (exact) mass is 462 g/mol. The molecule has 0 atom stereocenters. The zero-order valence-electron chi connectivity index (χ0n) is 19.2. The van der Waals surface area contributed by atoms with E-state index in [-0.39, 0.29) is 39.9 Å². The summed E-state index contributed by atoms with van der Waals surface area (Å²) in [6, 6.07) is 23.7. The molecule has 0 aliphatic rings. The van der Waals surface area contributed by atoms with Gasteiger partial charge in [0.05, 0.1) is 17.0 Å². The summed E-state index contributed by atoms with van der Waals surface area (Å²) in [5, 5.41) is 9.86. The Morgan fingerprint density at radius 1 is 0.629 bits per heavy atom. The molecule has 4 aromatic rings. The summed E-state index contributed by atoms with van der Waals surface area (Å²) in [4.78, 5) is 46.4. The van der Waals surface area contributed by atoms with Gasteiger partial charge in [-0.3, -0.25) is 9.59 Å². The van der Waals surface area contributed by atoms with Gasteiger partial charge in [0.2, 0.25) is 11.6 Å². The van der Waals surface area contributed by atoms with Crippen molar-refractivity contribution in [2.75, 3.05) is 0 Å². The van der Waals surface area contributed by atoms with Crippen LogP contribution in [0, 0.1) is 13.8 Å². The largest absolute Gasteiger partial charge is 0.478 e. The number of carbonyl (C=O) groups excluding carboxylic acids is 2. The molecule has 2 aromatic carbocycles. The van der Waals surface area contributed by atoms with E-state index in [2.05, 4.69) is 9.97 Å². The molecule has 0 bridgehead atoms. The van der Waals surface area contributed by atoms with E-state index in [1.807, 2.05) is 38.1 Å². The fraction of sp³-hybridized carbons (Fsp3) is 0.0690. The Hall–Kier alpha value is -4.71. The maximum atomic E-state index is 12.9. The normalized spacial score (nSPS) is 11.2. The van der Waals surface area contributed by atoms with E-state index in [9.17, 15) is 19.5 Å². The van der Waals surface area contributed by atoms with Crippen LogP contribution in [0.4, 0.5) is 0 Å². The van der Waals surface area contributed by atoms with Crippen LogP contribution >= 0.6 is 0 Å². The number of nitrogens with zero attached hydrogens (tertiary/aromatic N) is 2. The summed E-state index contributed by atoms with van der Waals surface area (Å²) in [6.07, 6.45) is 1.34. The zero-order chi connectivity index (χ0) is 24.9. The van der Waals surface area contributed by atoms with Gasteiger partial charge in [0.25, 0.3) is 0 Å². The van der Waals surface area contributed by atoms with Crippen LogP contribution in [0.25, 0.3) is 11.6 Å². The second-order valence-electron chi connectivity index (χ2n) is 8.11. The molecule has 0 saturated carbocycles. The van der Waals surface area contributed by atoms with Crippen LogP contribution < -0.4 is 0 Å². The van der Waals surface area contributed by atoms with Crippen LogP contribution in [0.5, 0.6) is 0 Å². The second-order valence-corrected chi connectivity index (χ2v) is 8.11. The van der Waals surface area contributed by atoms with E-state index in [4.69, 9.17) is 0 Å². The third-order valence-corrected chi connectivity index (χ3v) is 5.41. The van der Waals surface area contributed by atoms with E-state index < -0.39 is 5.97 Å². The Morgan fingerprint density at radius 2 is 1.09 bits per heavy atom. The molecular weight excluding hydrogens is 440 g/mol. The molecule has 0 aliphatic carbocycles. The number of aliphatic carboxylic acids is 1. The Labute approximate surface area is 202 Å². The smallest absolute Gasteiger partial charge is 0.337 e. The number of aryl methyl sites for hydroxylation is 2. The number of ketones is 2. The van der Waals surface area contributed by atoms with Crippen molar-refractivity contribution in [1.29, 1.82) is 0 Å². The van der Waals surface area contributed by atoms with E-state index in [1.165, 1.54) is 12.1 Å². The summed E-state index contributed by atoms with van der Waals surface area (Å²) in [5.74, 6) is -1.80. The number of carbonyl (C=O) groups is 3. The number of rotatable bonds is 7. The van der Waals surface area contributed by atoms with Crippen molar-refractivity contribution in [2.45, 2.75) is 13.8 Å². The predicted octanol–water partition coefficient (Wildman–Crippen LogP) is 5.18. The summed E-state index contributed by atoms with van der Waals surface area (Å²) < 4.78 is 0. The van der Waals surface area contributed by atoms with E-state index >= 15 is 0 Å². The highest BCUT2D eigenvalue weighted by molar-refractivity contribution is 6.20. The van der Waals surface area contributed by atoms with Crippen LogP contribution in [-0.2, 0) is 4.79 Å². The molecule has 172 valence electrons. The average Bonchev–Trinajstić information content (AvgIpc) is 2.87. The van der Waals surface area contributed by atoms with Gasteiger partial charge < -0.3 is 5.11 Å². The maximum Gasteiger partial charge on any atom is 0.337 e. The molecule has 2 heterocycles. The van der Waals surface area contributed by atoms with Crippen LogP contribution in [0.1, 0.15) is 54.6 Å². The van der Waals surface area contributed by atoms with Crippen LogP contribution in [-0.4, -0.2) is 32.6 Å². The van der Waals surface area contributed by atoms with Crippen molar-refractivity contribution in [1.82, 2.24) is 9.97 Å². The molecule has 0 spiro atoms. The number of hydrogen-bond acceptors (Lipinski definition) is 5. The van der Waals surface area contributed by atoms with E-state index in [1.54, 1.807) is 54.6 Å². The Balaban J connectivity index is 1.67. The van der Waals surface area contributed by atoms with E-state index in [0.717, 1.165) is 11.1 Å². The first kappa shape index (κ1) is 23.4. The molecule has 35 heavy (non-hydrogen) atoms. The summed E-state index contributed by atoms with van der Waals surface area (Å²) in [7, 11) is 0. The van der Waals surface area contributed by atoms with Crippen LogP contribution in [0.15, 0.2) is 84.9 Å².